The Bertz CT molecular complexity index is 373. The Morgan fingerprint density at radius 2 is 2.38 bits per heavy atom. The van der Waals surface area contributed by atoms with Gasteiger partial charge in [0.25, 0.3) is 0 Å². The van der Waals surface area contributed by atoms with Gasteiger partial charge in [0.15, 0.2) is 0 Å². The summed E-state index contributed by atoms with van der Waals surface area (Å²) in [7, 11) is 1.71. The van der Waals surface area contributed by atoms with Crippen molar-refractivity contribution in [2.45, 2.75) is 45.1 Å². The average Bonchev–Trinajstić information content (AvgIpc) is 2.58. The number of fused-ring (bicyclic) bond motifs is 1. The maximum Gasteiger partial charge on any atom is 0.127 e. The topological polar surface area (TPSA) is 53.1 Å². The van der Waals surface area contributed by atoms with Crippen molar-refractivity contribution in [1.82, 2.24) is 9.55 Å². The molecule has 0 spiro atoms. The van der Waals surface area contributed by atoms with Gasteiger partial charge in [-0.05, 0) is 19.8 Å². The summed E-state index contributed by atoms with van der Waals surface area (Å²) >= 11 is 0. The van der Waals surface area contributed by atoms with Crippen LogP contribution in [0.2, 0.25) is 0 Å². The van der Waals surface area contributed by atoms with E-state index in [4.69, 9.17) is 10.5 Å². The molecule has 1 aromatic heterocycles. The molecule has 16 heavy (non-hydrogen) atoms. The third-order valence-electron chi connectivity index (χ3n) is 3.40. The maximum absolute atomic E-state index is 6.19. The lowest BCUT2D eigenvalue weighted by atomic mass is 10.1. The van der Waals surface area contributed by atoms with Crippen LogP contribution >= 0.6 is 0 Å². The molecule has 1 aliphatic rings. The van der Waals surface area contributed by atoms with Crippen LogP contribution in [0.15, 0.2) is 0 Å². The molecule has 4 heteroatoms. The molecular weight excluding hydrogens is 202 g/mol. The Balaban J connectivity index is 2.34. The summed E-state index contributed by atoms with van der Waals surface area (Å²) in [5.41, 5.74) is 7.20. The minimum atomic E-state index is 0.273. The highest BCUT2D eigenvalue weighted by molar-refractivity contribution is 5.41. The van der Waals surface area contributed by atoms with Crippen LogP contribution in [0.1, 0.15) is 50.2 Å². The van der Waals surface area contributed by atoms with Crippen molar-refractivity contribution in [3.05, 3.63) is 11.5 Å². The first-order chi connectivity index (χ1) is 7.65. The van der Waals surface area contributed by atoms with Gasteiger partial charge in [0.05, 0.1) is 12.3 Å². The van der Waals surface area contributed by atoms with E-state index in [1.807, 2.05) is 0 Å². The van der Waals surface area contributed by atoms with Crippen LogP contribution in [-0.4, -0.2) is 23.3 Å². The lowest BCUT2D eigenvalue weighted by molar-refractivity contribution is 0.183. The van der Waals surface area contributed by atoms with Gasteiger partial charge in [-0.1, -0.05) is 6.92 Å². The van der Waals surface area contributed by atoms with Gasteiger partial charge in [-0.15, -0.1) is 0 Å². The standard InChI is InChI=1S/C12H21N3O/c1-8(7-16-3)11-12(13)15-9(2)5-4-6-10(15)14-11/h8-9H,4-7,13H2,1-3H3. The molecule has 0 saturated carbocycles. The van der Waals surface area contributed by atoms with E-state index >= 15 is 0 Å². The van der Waals surface area contributed by atoms with Gasteiger partial charge in [0, 0.05) is 25.5 Å². The predicted molar refractivity (Wildman–Crippen MR) is 64.6 cm³/mol. The number of anilines is 1. The van der Waals surface area contributed by atoms with Gasteiger partial charge in [-0.3, -0.25) is 0 Å². The molecule has 2 atom stereocenters. The molecule has 0 aliphatic carbocycles. The second-order valence-electron chi connectivity index (χ2n) is 4.77. The summed E-state index contributed by atoms with van der Waals surface area (Å²) in [4.78, 5) is 4.68. The summed E-state index contributed by atoms with van der Waals surface area (Å²) in [5, 5.41) is 0. The van der Waals surface area contributed by atoms with Crippen LogP contribution in [0.25, 0.3) is 0 Å². The molecule has 90 valence electrons. The van der Waals surface area contributed by atoms with Crippen LogP contribution in [0.4, 0.5) is 5.82 Å². The number of aryl methyl sites for hydroxylation is 1. The number of hydrogen-bond acceptors (Lipinski definition) is 3. The van der Waals surface area contributed by atoms with Gasteiger partial charge < -0.3 is 15.0 Å². The van der Waals surface area contributed by atoms with Crippen molar-refractivity contribution in [2.24, 2.45) is 0 Å². The molecule has 0 radical (unpaired) electrons. The molecule has 0 amide bonds. The molecule has 2 rings (SSSR count). The van der Waals surface area contributed by atoms with E-state index in [1.54, 1.807) is 7.11 Å². The number of imidazole rings is 1. The van der Waals surface area contributed by atoms with Gasteiger partial charge in [-0.25, -0.2) is 4.98 Å². The largest absolute Gasteiger partial charge is 0.384 e. The fourth-order valence-corrected chi connectivity index (χ4v) is 2.56. The second-order valence-corrected chi connectivity index (χ2v) is 4.77. The number of nitrogens with zero attached hydrogens (tertiary/aromatic N) is 2. The zero-order chi connectivity index (χ0) is 11.7. The zero-order valence-corrected chi connectivity index (χ0v) is 10.4. The average molecular weight is 223 g/mol. The van der Waals surface area contributed by atoms with E-state index in [0.717, 1.165) is 23.8 Å². The minimum Gasteiger partial charge on any atom is -0.384 e. The van der Waals surface area contributed by atoms with Crippen molar-refractivity contribution < 1.29 is 4.74 Å². The molecule has 1 aromatic rings. The molecule has 0 aromatic carbocycles. The summed E-state index contributed by atoms with van der Waals surface area (Å²) in [5.74, 6) is 2.26. The third kappa shape index (κ3) is 1.82. The highest BCUT2D eigenvalue weighted by Crippen LogP contribution is 2.32. The van der Waals surface area contributed by atoms with E-state index < -0.39 is 0 Å². The Morgan fingerprint density at radius 1 is 1.62 bits per heavy atom. The zero-order valence-electron chi connectivity index (χ0n) is 10.4. The van der Waals surface area contributed by atoms with Crippen molar-refractivity contribution in [1.29, 1.82) is 0 Å². The Labute approximate surface area is 96.8 Å². The molecule has 1 aliphatic heterocycles. The second kappa shape index (κ2) is 4.45. The molecule has 2 unspecified atom stereocenters. The fraction of sp³-hybridized carbons (Fsp3) is 0.750. The van der Waals surface area contributed by atoms with Gasteiger partial charge in [0.1, 0.15) is 11.6 Å². The molecule has 0 bridgehead atoms. The highest BCUT2D eigenvalue weighted by atomic mass is 16.5. The SMILES string of the molecule is COCC(C)c1nc2n(c1N)C(C)CCC2. The smallest absolute Gasteiger partial charge is 0.127 e. The van der Waals surface area contributed by atoms with Crippen LogP contribution < -0.4 is 5.73 Å². The van der Waals surface area contributed by atoms with Crippen molar-refractivity contribution in [2.75, 3.05) is 19.5 Å². The first-order valence-corrected chi connectivity index (χ1v) is 6.00. The Morgan fingerprint density at radius 3 is 3.00 bits per heavy atom. The van der Waals surface area contributed by atoms with E-state index in [1.165, 1.54) is 12.8 Å². The summed E-state index contributed by atoms with van der Waals surface area (Å²) in [6, 6.07) is 0.486. The van der Waals surface area contributed by atoms with Crippen LogP contribution in [0.5, 0.6) is 0 Å². The summed E-state index contributed by atoms with van der Waals surface area (Å²) < 4.78 is 7.37. The summed E-state index contributed by atoms with van der Waals surface area (Å²) in [6.07, 6.45) is 3.47. The number of aromatic nitrogens is 2. The monoisotopic (exact) mass is 223 g/mol. The molecule has 4 nitrogen and oxygen atoms in total. The lowest BCUT2D eigenvalue weighted by Gasteiger charge is -2.22. The number of methoxy groups -OCH3 is 1. The van der Waals surface area contributed by atoms with Crippen LogP contribution in [0, 0.1) is 0 Å². The molecule has 2 N–H and O–H groups in total. The van der Waals surface area contributed by atoms with Crippen molar-refractivity contribution in [3.8, 4) is 0 Å². The first-order valence-electron chi connectivity index (χ1n) is 6.00. The predicted octanol–water partition coefficient (Wildman–Crippen LogP) is 2.11. The fourth-order valence-electron chi connectivity index (χ4n) is 2.56. The number of rotatable bonds is 3. The number of nitrogens with two attached hydrogens (primary N) is 1. The number of ether oxygens (including phenoxy) is 1. The van der Waals surface area contributed by atoms with E-state index in [9.17, 15) is 0 Å². The first kappa shape index (κ1) is 11.5. The maximum atomic E-state index is 6.19. The molecule has 0 fully saturated rings. The number of nitrogen functional groups attached to an aromatic ring is 1. The molecule has 0 saturated heterocycles. The van der Waals surface area contributed by atoms with Crippen molar-refractivity contribution in [3.63, 3.8) is 0 Å². The van der Waals surface area contributed by atoms with Crippen LogP contribution in [0.3, 0.4) is 0 Å². The van der Waals surface area contributed by atoms with Gasteiger partial charge >= 0.3 is 0 Å². The Hall–Kier alpha value is -1.03. The quantitative estimate of drug-likeness (QED) is 0.854. The highest BCUT2D eigenvalue weighted by Gasteiger charge is 2.24. The van der Waals surface area contributed by atoms with E-state index in [2.05, 4.69) is 23.4 Å². The molecular formula is C12H21N3O. The normalized spacial score (nSPS) is 21.8. The number of hydrogen-bond donors (Lipinski definition) is 1. The summed E-state index contributed by atoms with van der Waals surface area (Å²) in [6.45, 7) is 5.00. The van der Waals surface area contributed by atoms with Crippen LogP contribution in [-0.2, 0) is 11.2 Å². The molecule has 2 heterocycles. The van der Waals surface area contributed by atoms with E-state index in [0.29, 0.717) is 12.6 Å². The van der Waals surface area contributed by atoms with Crippen molar-refractivity contribution >= 4 is 5.82 Å². The Kier molecular flexibility index (Phi) is 3.19. The van der Waals surface area contributed by atoms with E-state index in [-0.39, 0.29) is 5.92 Å². The van der Waals surface area contributed by atoms with Gasteiger partial charge in [-0.2, -0.15) is 0 Å². The third-order valence-corrected chi connectivity index (χ3v) is 3.40. The minimum absolute atomic E-state index is 0.273. The lowest BCUT2D eigenvalue weighted by Crippen LogP contribution is -2.17. The van der Waals surface area contributed by atoms with Gasteiger partial charge in [0.2, 0.25) is 0 Å².